The first-order valence-corrected chi connectivity index (χ1v) is 13.2. The number of rotatable bonds is 4. The lowest BCUT2D eigenvalue weighted by Gasteiger charge is -2.38. The molecule has 184 valence electrons. The van der Waals surface area contributed by atoms with Crippen molar-refractivity contribution in [1.82, 2.24) is 4.90 Å². The third-order valence-corrected chi connectivity index (χ3v) is 8.66. The molecule has 0 saturated carbocycles. The molecule has 0 aliphatic carbocycles. The van der Waals surface area contributed by atoms with Crippen molar-refractivity contribution in [3.05, 3.63) is 89.2 Å². The number of piperazine rings is 1. The Morgan fingerprint density at radius 3 is 2.36 bits per heavy atom. The number of hydrogen-bond donors (Lipinski definition) is 0. The van der Waals surface area contributed by atoms with E-state index in [1.54, 1.807) is 40.1 Å². The minimum atomic E-state index is -1.16. The summed E-state index contributed by atoms with van der Waals surface area (Å²) in [5.74, 6) is -0.260. The van der Waals surface area contributed by atoms with Crippen molar-refractivity contribution >= 4 is 52.2 Å². The highest BCUT2D eigenvalue weighted by Gasteiger charge is 2.61. The number of amides is 2. The fourth-order valence-corrected chi connectivity index (χ4v) is 6.89. The zero-order chi connectivity index (χ0) is 24.9. The number of nitrogens with zero attached hydrogens (tertiary/aromatic N) is 4. The van der Waals surface area contributed by atoms with Gasteiger partial charge >= 0.3 is 0 Å². The van der Waals surface area contributed by atoms with Crippen molar-refractivity contribution in [3.63, 3.8) is 0 Å². The van der Waals surface area contributed by atoms with Crippen molar-refractivity contribution < 1.29 is 14.0 Å². The molecule has 9 heteroatoms. The molecule has 3 aromatic carbocycles. The molecular formula is C27H24ClFN4O2S. The summed E-state index contributed by atoms with van der Waals surface area (Å²) in [6, 6.07) is 21.6. The lowest BCUT2D eigenvalue weighted by Crippen LogP contribution is -2.54. The van der Waals surface area contributed by atoms with E-state index in [0.29, 0.717) is 49.2 Å². The second kappa shape index (κ2) is 9.10. The molecule has 0 bridgehead atoms. The molecule has 36 heavy (non-hydrogen) atoms. The lowest BCUT2D eigenvalue weighted by atomic mass is 10.0. The van der Waals surface area contributed by atoms with Gasteiger partial charge in [-0.1, -0.05) is 48.0 Å². The van der Waals surface area contributed by atoms with Crippen molar-refractivity contribution in [3.8, 4) is 0 Å². The van der Waals surface area contributed by atoms with Gasteiger partial charge in [0.05, 0.1) is 23.8 Å². The third-order valence-electron chi connectivity index (χ3n) is 7.04. The highest BCUT2D eigenvalue weighted by atomic mass is 35.5. The van der Waals surface area contributed by atoms with Crippen molar-refractivity contribution in [2.24, 2.45) is 0 Å². The van der Waals surface area contributed by atoms with Gasteiger partial charge in [-0.2, -0.15) is 0 Å². The summed E-state index contributed by atoms with van der Waals surface area (Å²) in [4.78, 5) is 33.8. The Balaban J connectivity index is 1.28. The SMILES string of the molecule is O=C1CSC2(C(=O)N(CN3CCN(c4ccccc4F)CC3)c3ccccc32)N1c1cccc(Cl)c1. The van der Waals surface area contributed by atoms with E-state index in [4.69, 9.17) is 11.6 Å². The number of para-hydroxylation sites is 2. The number of halogens is 2. The van der Waals surface area contributed by atoms with Crippen LogP contribution in [-0.4, -0.2) is 55.3 Å². The summed E-state index contributed by atoms with van der Waals surface area (Å²) in [5, 5.41) is 0.510. The maximum atomic E-state index is 14.3. The van der Waals surface area contributed by atoms with Crippen LogP contribution in [0.4, 0.5) is 21.5 Å². The maximum Gasteiger partial charge on any atom is 0.269 e. The highest BCUT2D eigenvalue weighted by Crippen LogP contribution is 2.55. The molecular weight excluding hydrogens is 499 g/mol. The minimum Gasteiger partial charge on any atom is -0.367 e. The van der Waals surface area contributed by atoms with E-state index >= 15 is 0 Å². The first-order valence-electron chi connectivity index (χ1n) is 11.8. The van der Waals surface area contributed by atoms with Gasteiger partial charge < -0.3 is 4.90 Å². The monoisotopic (exact) mass is 522 g/mol. The number of carbonyl (C=O) groups excluding carboxylic acids is 2. The number of carbonyl (C=O) groups is 2. The van der Waals surface area contributed by atoms with Gasteiger partial charge in [0.2, 0.25) is 10.8 Å². The third kappa shape index (κ3) is 3.67. The zero-order valence-electron chi connectivity index (χ0n) is 19.4. The van der Waals surface area contributed by atoms with Gasteiger partial charge in [-0.15, -0.1) is 11.8 Å². The molecule has 2 saturated heterocycles. The quantitative estimate of drug-likeness (QED) is 0.503. The van der Waals surface area contributed by atoms with Gasteiger partial charge in [0.25, 0.3) is 5.91 Å². The number of benzene rings is 3. The van der Waals surface area contributed by atoms with E-state index in [9.17, 15) is 14.0 Å². The Morgan fingerprint density at radius 2 is 1.61 bits per heavy atom. The van der Waals surface area contributed by atoms with Crippen molar-refractivity contribution in [2.45, 2.75) is 4.87 Å². The number of anilines is 3. The normalized spacial score (nSPS) is 22.1. The molecule has 3 aliphatic rings. The Hall–Kier alpha value is -3.07. The predicted octanol–water partition coefficient (Wildman–Crippen LogP) is 4.54. The standard InChI is InChI=1S/C27H24ClFN4O2S/c28-19-6-5-7-20(16-19)33-25(34)17-36-27(33)21-8-1-3-10-23(21)32(26(27)35)18-30-12-14-31(15-13-30)24-11-4-2-9-22(24)29/h1-11,16H,12-15,17-18H2. The van der Waals surface area contributed by atoms with Gasteiger partial charge in [-0.3, -0.25) is 24.3 Å². The first-order chi connectivity index (χ1) is 17.5. The zero-order valence-corrected chi connectivity index (χ0v) is 21.0. The molecule has 1 spiro atoms. The van der Waals surface area contributed by atoms with Crippen LogP contribution in [0.15, 0.2) is 72.8 Å². The summed E-state index contributed by atoms with van der Waals surface area (Å²) in [6.45, 7) is 3.12. The van der Waals surface area contributed by atoms with Crippen LogP contribution >= 0.6 is 23.4 Å². The summed E-state index contributed by atoms with van der Waals surface area (Å²) in [6.07, 6.45) is 0. The van der Waals surface area contributed by atoms with E-state index in [-0.39, 0.29) is 23.4 Å². The van der Waals surface area contributed by atoms with Crippen LogP contribution in [0, 0.1) is 5.82 Å². The van der Waals surface area contributed by atoms with Gasteiger partial charge in [-0.25, -0.2) is 4.39 Å². The molecule has 2 amide bonds. The molecule has 3 aromatic rings. The molecule has 1 atom stereocenters. The Kier molecular flexibility index (Phi) is 5.90. The van der Waals surface area contributed by atoms with Crippen LogP contribution in [0.2, 0.25) is 5.02 Å². The summed E-state index contributed by atoms with van der Waals surface area (Å²) >= 11 is 7.61. The van der Waals surface area contributed by atoms with Crippen LogP contribution in [0.1, 0.15) is 5.56 Å². The molecule has 0 radical (unpaired) electrons. The smallest absolute Gasteiger partial charge is 0.269 e. The molecule has 6 rings (SSSR count). The summed E-state index contributed by atoms with van der Waals surface area (Å²) < 4.78 is 14.3. The number of hydrogen-bond acceptors (Lipinski definition) is 5. The van der Waals surface area contributed by atoms with E-state index in [0.717, 1.165) is 11.3 Å². The fraction of sp³-hybridized carbons (Fsp3) is 0.259. The molecule has 2 fully saturated rings. The second-order valence-electron chi connectivity index (χ2n) is 9.09. The van der Waals surface area contributed by atoms with Gasteiger partial charge in [-0.05, 0) is 36.4 Å². The van der Waals surface area contributed by atoms with Crippen molar-refractivity contribution in [1.29, 1.82) is 0 Å². The van der Waals surface area contributed by atoms with Crippen LogP contribution in [0.25, 0.3) is 0 Å². The summed E-state index contributed by atoms with van der Waals surface area (Å²) in [5.41, 5.74) is 2.85. The number of fused-ring (bicyclic) bond motifs is 2. The van der Waals surface area contributed by atoms with E-state index in [1.807, 2.05) is 41.3 Å². The van der Waals surface area contributed by atoms with Crippen molar-refractivity contribution in [2.75, 3.05) is 53.3 Å². The van der Waals surface area contributed by atoms with Crippen LogP contribution in [-0.2, 0) is 14.5 Å². The van der Waals surface area contributed by atoms with Crippen LogP contribution in [0.5, 0.6) is 0 Å². The minimum absolute atomic E-state index is 0.120. The molecule has 0 N–H and O–H groups in total. The lowest BCUT2D eigenvalue weighted by molar-refractivity contribution is -0.124. The van der Waals surface area contributed by atoms with E-state index in [1.165, 1.54) is 17.8 Å². The predicted molar refractivity (Wildman–Crippen MR) is 142 cm³/mol. The molecule has 3 heterocycles. The van der Waals surface area contributed by atoms with Crippen LogP contribution in [0.3, 0.4) is 0 Å². The molecule has 0 aromatic heterocycles. The summed E-state index contributed by atoms with van der Waals surface area (Å²) in [7, 11) is 0. The average molecular weight is 523 g/mol. The highest BCUT2D eigenvalue weighted by molar-refractivity contribution is 8.02. The van der Waals surface area contributed by atoms with Gasteiger partial charge in [0.1, 0.15) is 5.82 Å². The Bertz CT molecular complexity index is 1350. The van der Waals surface area contributed by atoms with Gasteiger partial charge in [0, 0.05) is 42.5 Å². The van der Waals surface area contributed by atoms with E-state index < -0.39 is 4.87 Å². The second-order valence-corrected chi connectivity index (χ2v) is 10.7. The van der Waals surface area contributed by atoms with Crippen LogP contribution < -0.4 is 14.7 Å². The first kappa shape index (κ1) is 23.3. The number of thioether (sulfide) groups is 1. The fourth-order valence-electron chi connectivity index (χ4n) is 5.35. The topological polar surface area (TPSA) is 47.1 Å². The molecule has 6 nitrogen and oxygen atoms in total. The molecule has 1 unspecified atom stereocenters. The largest absolute Gasteiger partial charge is 0.367 e. The molecule has 3 aliphatic heterocycles. The van der Waals surface area contributed by atoms with E-state index in [2.05, 4.69) is 4.90 Å². The average Bonchev–Trinajstić information content (AvgIpc) is 3.36. The Morgan fingerprint density at radius 1 is 0.889 bits per heavy atom. The maximum absolute atomic E-state index is 14.3. The Labute approximate surface area is 218 Å². The van der Waals surface area contributed by atoms with Gasteiger partial charge in [0.15, 0.2) is 0 Å².